The SMILES string of the molecule is O=C(O)C(=O)c1ccc(-c2nc(-c3cccc(Br)c3)n[nH]2)cc1. The van der Waals surface area contributed by atoms with E-state index in [4.69, 9.17) is 5.11 Å². The molecule has 7 heteroatoms. The van der Waals surface area contributed by atoms with E-state index in [-0.39, 0.29) is 5.56 Å². The van der Waals surface area contributed by atoms with E-state index in [2.05, 4.69) is 31.1 Å². The first-order valence-corrected chi connectivity index (χ1v) is 7.40. The predicted molar refractivity (Wildman–Crippen MR) is 86.9 cm³/mol. The van der Waals surface area contributed by atoms with E-state index < -0.39 is 11.8 Å². The number of nitrogens with zero attached hydrogens (tertiary/aromatic N) is 2. The number of carbonyl (C=O) groups is 2. The molecule has 0 saturated carbocycles. The molecule has 0 aliphatic heterocycles. The normalized spacial score (nSPS) is 10.5. The van der Waals surface area contributed by atoms with Crippen LogP contribution in [0.2, 0.25) is 0 Å². The van der Waals surface area contributed by atoms with Crippen molar-refractivity contribution in [3.63, 3.8) is 0 Å². The summed E-state index contributed by atoms with van der Waals surface area (Å²) in [5, 5.41) is 15.7. The average molecular weight is 372 g/mol. The Hall–Kier alpha value is -2.80. The van der Waals surface area contributed by atoms with E-state index in [1.807, 2.05) is 24.3 Å². The Bertz CT molecular complexity index is 888. The van der Waals surface area contributed by atoms with Crippen molar-refractivity contribution in [1.82, 2.24) is 15.2 Å². The van der Waals surface area contributed by atoms with Gasteiger partial charge in [0.2, 0.25) is 0 Å². The maximum absolute atomic E-state index is 11.4. The molecule has 0 bridgehead atoms. The number of H-pyrrole nitrogens is 1. The van der Waals surface area contributed by atoms with Gasteiger partial charge in [-0.1, -0.05) is 52.3 Å². The number of halogens is 1. The van der Waals surface area contributed by atoms with Crippen LogP contribution >= 0.6 is 15.9 Å². The molecule has 2 N–H and O–H groups in total. The highest BCUT2D eigenvalue weighted by atomic mass is 79.9. The van der Waals surface area contributed by atoms with E-state index in [0.717, 1.165) is 10.0 Å². The van der Waals surface area contributed by atoms with E-state index in [0.29, 0.717) is 17.2 Å². The fraction of sp³-hybridized carbons (Fsp3) is 0. The lowest BCUT2D eigenvalue weighted by Crippen LogP contribution is -2.12. The van der Waals surface area contributed by atoms with Crippen LogP contribution in [0.15, 0.2) is 53.0 Å². The molecule has 0 aliphatic carbocycles. The van der Waals surface area contributed by atoms with Crippen LogP contribution in [0.4, 0.5) is 0 Å². The maximum atomic E-state index is 11.4. The number of aromatic amines is 1. The van der Waals surface area contributed by atoms with Crippen LogP contribution in [-0.2, 0) is 4.79 Å². The van der Waals surface area contributed by atoms with Gasteiger partial charge in [-0.2, -0.15) is 5.10 Å². The van der Waals surface area contributed by atoms with Crippen LogP contribution in [0.1, 0.15) is 10.4 Å². The minimum Gasteiger partial charge on any atom is -0.475 e. The number of carbonyl (C=O) groups excluding carboxylic acids is 1. The summed E-state index contributed by atoms with van der Waals surface area (Å²) in [7, 11) is 0. The lowest BCUT2D eigenvalue weighted by Gasteiger charge is -1.98. The topological polar surface area (TPSA) is 95.9 Å². The Morgan fingerprint density at radius 2 is 1.78 bits per heavy atom. The standard InChI is InChI=1S/C16H10BrN3O3/c17-12-3-1-2-11(8-12)15-18-14(19-20-15)10-6-4-9(5-7-10)13(21)16(22)23/h1-8H,(H,22,23)(H,18,19,20). The van der Waals surface area contributed by atoms with Gasteiger partial charge in [-0.05, 0) is 12.1 Å². The van der Waals surface area contributed by atoms with Gasteiger partial charge in [-0.3, -0.25) is 9.89 Å². The summed E-state index contributed by atoms with van der Waals surface area (Å²) in [6.45, 7) is 0. The molecule has 0 radical (unpaired) electrons. The van der Waals surface area contributed by atoms with Crippen LogP contribution in [0, 0.1) is 0 Å². The van der Waals surface area contributed by atoms with Gasteiger partial charge >= 0.3 is 5.97 Å². The largest absolute Gasteiger partial charge is 0.475 e. The Labute approximate surface area is 139 Å². The number of carboxylic acid groups (broad SMARTS) is 1. The van der Waals surface area contributed by atoms with Crippen LogP contribution in [0.3, 0.4) is 0 Å². The van der Waals surface area contributed by atoms with Crippen molar-refractivity contribution in [1.29, 1.82) is 0 Å². The quantitative estimate of drug-likeness (QED) is 0.542. The van der Waals surface area contributed by atoms with Crippen molar-refractivity contribution in [3.8, 4) is 22.8 Å². The zero-order chi connectivity index (χ0) is 16.4. The van der Waals surface area contributed by atoms with Gasteiger partial charge in [0.25, 0.3) is 5.78 Å². The number of Topliss-reactive ketones (excluding diaryl/α,β-unsaturated/α-hetero) is 1. The minimum atomic E-state index is -1.48. The highest BCUT2D eigenvalue weighted by Crippen LogP contribution is 2.22. The van der Waals surface area contributed by atoms with Gasteiger partial charge in [0.05, 0.1) is 0 Å². The fourth-order valence-corrected chi connectivity index (χ4v) is 2.45. The summed E-state index contributed by atoms with van der Waals surface area (Å²) in [5.74, 6) is -1.33. The molecular weight excluding hydrogens is 362 g/mol. The lowest BCUT2D eigenvalue weighted by molar-refractivity contribution is -0.131. The van der Waals surface area contributed by atoms with Crippen LogP contribution < -0.4 is 0 Å². The number of hydrogen-bond acceptors (Lipinski definition) is 4. The van der Waals surface area contributed by atoms with E-state index in [9.17, 15) is 9.59 Å². The number of carboxylic acids is 1. The number of nitrogens with one attached hydrogen (secondary N) is 1. The summed E-state index contributed by atoms with van der Waals surface area (Å²) in [6.07, 6.45) is 0. The van der Waals surface area contributed by atoms with Gasteiger partial charge in [0, 0.05) is 21.2 Å². The number of aliphatic carboxylic acids is 1. The summed E-state index contributed by atoms with van der Waals surface area (Å²) in [6, 6.07) is 13.8. The molecule has 0 saturated heterocycles. The monoisotopic (exact) mass is 371 g/mol. The summed E-state index contributed by atoms with van der Waals surface area (Å²) >= 11 is 3.40. The number of rotatable bonds is 4. The van der Waals surface area contributed by atoms with Crippen LogP contribution in [0.25, 0.3) is 22.8 Å². The molecule has 0 amide bonds. The second-order valence-electron chi connectivity index (χ2n) is 4.73. The molecule has 114 valence electrons. The number of hydrogen-bond donors (Lipinski definition) is 2. The van der Waals surface area contributed by atoms with Crippen molar-refractivity contribution in [3.05, 3.63) is 58.6 Å². The van der Waals surface area contributed by atoms with Crippen molar-refractivity contribution in [2.45, 2.75) is 0 Å². The predicted octanol–water partition coefficient (Wildman–Crippen LogP) is 3.17. The van der Waals surface area contributed by atoms with Gasteiger partial charge in [0.15, 0.2) is 11.6 Å². The molecule has 3 aromatic rings. The third-order valence-electron chi connectivity index (χ3n) is 3.18. The minimum absolute atomic E-state index is 0.118. The molecule has 0 atom stereocenters. The van der Waals surface area contributed by atoms with Crippen molar-refractivity contribution in [2.24, 2.45) is 0 Å². The zero-order valence-electron chi connectivity index (χ0n) is 11.7. The third-order valence-corrected chi connectivity index (χ3v) is 3.68. The highest BCUT2D eigenvalue weighted by molar-refractivity contribution is 9.10. The first kappa shape index (κ1) is 15.1. The lowest BCUT2D eigenvalue weighted by atomic mass is 10.1. The highest BCUT2D eigenvalue weighted by Gasteiger charge is 2.15. The Morgan fingerprint density at radius 1 is 1.04 bits per heavy atom. The molecule has 1 heterocycles. The molecule has 23 heavy (non-hydrogen) atoms. The smallest absolute Gasteiger partial charge is 0.377 e. The zero-order valence-corrected chi connectivity index (χ0v) is 13.2. The molecule has 2 aromatic carbocycles. The second kappa shape index (κ2) is 6.13. The Morgan fingerprint density at radius 3 is 2.43 bits per heavy atom. The summed E-state index contributed by atoms with van der Waals surface area (Å²) in [4.78, 5) is 26.4. The van der Waals surface area contributed by atoms with Crippen molar-refractivity contribution < 1.29 is 14.7 Å². The molecule has 0 unspecified atom stereocenters. The first-order chi connectivity index (χ1) is 11.0. The molecule has 6 nitrogen and oxygen atoms in total. The maximum Gasteiger partial charge on any atom is 0.377 e. The van der Waals surface area contributed by atoms with Crippen LogP contribution in [0.5, 0.6) is 0 Å². The van der Waals surface area contributed by atoms with Gasteiger partial charge in [0.1, 0.15) is 0 Å². The van der Waals surface area contributed by atoms with Crippen molar-refractivity contribution >= 4 is 27.7 Å². The number of benzene rings is 2. The Kier molecular flexibility index (Phi) is 4.03. The summed E-state index contributed by atoms with van der Waals surface area (Å²) in [5.41, 5.74) is 1.69. The molecular formula is C16H10BrN3O3. The fourth-order valence-electron chi connectivity index (χ4n) is 2.05. The second-order valence-corrected chi connectivity index (χ2v) is 5.65. The third kappa shape index (κ3) is 3.19. The van der Waals surface area contributed by atoms with Gasteiger partial charge in [-0.25, -0.2) is 9.78 Å². The molecule has 0 aliphatic rings. The van der Waals surface area contributed by atoms with Gasteiger partial charge in [-0.15, -0.1) is 0 Å². The van der Waals surface area contributed by atoms with Crippen molar-refractivity contribution in [2.75, 3.05) is 0 Å². The van der Waals surface area contributed by atoms with Gasteiger partial charge < -0.3 is 5.11 Å². The van der Waals surface area contributed by atoms with E-state index in [1.165, 1.54) is 12.1 Å². The number of aromatic nitrogens is 3. The van der Waals surface area contributed by atoms with E-state index in [1.54, 1.807) is 12.1 Å². The van der Waals surface area contributed by atoms with E-state index >= 15 is 0 Å². The number of ketones is 1. The molecule has 0 fully saturated rings. The average Bonchev–Trinajstić information content (AvgIpc) is 3.04. The molecule has 1 aromatic heterocycles. The summed E-state index contributed by atoms with van der Waals surface area (Å²) < 4.78 is 0.929. The molecule has 0 spiro atoms. The molecule has 3 rings (SSSR count). The Balaban J connectivity index is 1.89. The first-order valence-electron chi connectivity index (χ1n) is 6.61. The van der Waals surface area contributed by atoms with Crippen LogP contribution in [-0.4, -0.2) is 32.0 Å².